The number of aliphatic carboxylic acids is 1. The maximum Gasteiger partial charge on any atom is 0.306 e. The van der Waals surface area contributed by atoms with Gasteiger partial charge in [-0.2, -0.15) is 0 Å². The van der Waals surface area contributed by atoms with Crippen LogP contribution >= 0.6 is 0 Å². The van der Waals surface area contributed by atoms with E-state index in [1.54, 1.807) is 0 Å². The number of carboxylic acids is 1. The van der Waals surface area contributed by atoms with Crippen LogP contribution in [0.2, 0.25) is 0 Å². The number of carbonyl (C=O) groups excluding carboxylic acids is 1. The van der Waals surface area contributed by atoms with Crippen molar-refractivity contribution in [3.8, 4) is 0 Å². The molecule has 0 aliphatic heterocycles. The van der Waals surface area contributed by atoms with E-state index >= 15 is 0 Å². The number of nitrogens with one attached hydrogen (secondary N) is 1. The van der Waals surface area contributed by atoms with E-state index < -0.39 is 5.97 Å². The second kappa shape index (κ2) is 7.43. The van der Waals surface area contributed by atoms with Gasteiger partial charge >= 0.3 is 5.97 Å². The molecule has 0 bridgehead atoms. The lowest BCUT2D eigenvalue weighted by atomic mass is 9.81. The highest BCUT2D eigenvalue weighted by Crippen LogP contribution is 2.29. The molecule has 0 radical (unpaired) electrons. The zero-order valence-corrected chi connectivity index (χ0v) is 13.3. The van der Waals surface area contributed by atoms with Crippen molar-refractivity contribution in [1.29, 1.82) is 0 Å². The van der Waals surface area contributed by atoms with Gasteiger partial charge in [0.05, 0.1) is 5.92 Å². The zero-order valence-electron chi connectivity index (χ0n) is 13.3. The Labute approximate surface area is 131 Å². The molecule has 22 heavy (non-hydrogen) atoms. The zero-order chi connectivity index (χ0) is 16.1. The lowest BCUT2D eigenvalue weighted by Crippen LogP contribution is -2.34. The van der Waals surface area contributed by atoms with Crippen LogP contribution < -0.4 is 5.32 Å². The van der Waals surface area contributed by atoms with Crippen molar-refractivity contribution in [2.45, 2.75) is 52.0 Å². The molecule has 0 aromatic heterocycles. The number of benzene rings is 1. The molecule has 1 amide bonds. The summed E-state index contributed by atoms with van der Waals surface area (Å²) in [6.07, 6.45) is 2.57. The second-order valence-electron chi connectivity index (χ2n) is 6.50. The second-order valence-corrected chi connectivity index (χ2v) is 6.50. The van der Waals surface area contributed by atoms with E-state index in [-0.39, 0.29) is 17.7 Å². The first-order chi connectivity index (χ1) is 10.5. The summed E-state index contributed by atoms with van der Waals surface area (Å²) in [5.41, 5.74) is 2.39. The Balaban J connectivity index is 1.79. The van der Waals surface area contributed by atoms with Crippen molar-refractivity contribution in [2.75, 3.05) is 0 Å². The predicted molar refractivity (Wildman–Crippen MR) is 85.5 cm³/mol. The first-order valence-electron chi connectivity index (χ1n) is 8.06. The maximum atomic E-state index is 12.2. The predicted octanol–water partition coefficient (Wildman–Crippen LogP) is 3.32. The van der Waals surface area contributed by atoms with Gasteiger partial charge in [0.15, 0.2) is 0 Å². The average Bonchev–Trinajstić information content (AvgIpc) is 2.53. The lowest BCUT2D eigenvalue weighted by molar-refractivity contribution is -0.144. The molecule has 4 heteroatoms. The van der Waals surface area contributed by atoms with Crippen LogP contribution in [0.5, 0.6) is 0 Å². The molecule has 2 N–H and O–H groups in total. The van der Waals surface area contributed by atoms with Crippen LogP contribution in [0.3, 0.4) is 0 Å². The average molecular weight is 303 g/mol. The maximum absolute atomic E-state index is 12.2. The van der Waals surface area contributed by atoms with Crippen LogP contribution in [0.25, 0.3) is 0 Å². The Morgan fingerprint density at radius 2 is 1.64 bits per heavy atom. The minimum absolute atomic E-state index is 0.0365. The van der Waals surface area contributed by atoms with Crippen LogP contribution in [0.4, 0.5) is 0 Å². The molecule has 0 spiro atoms. The summed E-state index contributed by atoms with van der Waals surface area (Å²) in [7, 11) is 0. The molecule has 120 valence electrons. The highest BCUT2D eigenvalue weighted by molar-refractivity contribution is 5.79. The van der Waals surface area contributed by atoms with Gasteiger partial charge < -0.3 is 10.4 Å². The Kier molecular flexibility index (Phi) is 5.58. The molecule has 0 atom stereocenters. The highest BCUT2D eigenvalue weighted by Gasteiger charge is 2.29. The molecule has 1 fully saturated rings. The molecule has 2 rings (SSSR count). The highest BCUT2D eigenvalue weighted by atomic mass is 16.4. The van der Waals surface area contributed by atoms with Crippen LogP contribution in [0.15, 0.2) is 24.3 Å². The molecule has 1 aliphatic rings. The Morgan fingerprint density at radius 3 is 2.14 bits per heavy atom. The topological polar surface area (TPSA) is 66.4 Å². The first kappa shape index (κ1) is 16.5. The van der Waals surface area contributed by atoms with E-state index in [0.717, 1.165) is 5.56 Å². The lowest BCUT2D eigenvalue weighted by Gasteiger charge is -2.25. The fourth-order valence-corrected chi connectivity index (χ4v) is 2.96. The van der Waals surface area contributed by atoms with Crippen LogP contribution in [0.1, 0.15) is 56.6 Å². The Hall–Kier alpha value is -1.84. The smallest absolute Gasteiger partial charge is 0.306 e. The van der Waals surface area contributed by atoms with E-state index in [1.807, 2.05) is 0 Å². The third-order valence-corrected chi connectivity index (χ3v) is 4.56. The van der Waals surface area contributed by atoms with Gasteiger partial charge in [-0.05, 0) is 42.7 Å². The first-order valence-corrected chi connectivity index (χ1v) is 8.06. The minimum atomic E-state index is -0.732. The number of carbonyl (C=O) groups is 2. The molecule has 0 saturated heterocycles. The van der Waals surface area contributed by atoms with Crippen molar-refractivity contribution < 1.29 is 14.7 Å². The number of hydrogen-bond donors (Lipinski definition) is 2. The number of rotatable bonds is 5. The summed E-state index contributed by atoms with van der Waals surface area (Å²) in [6.45, 7) is 4.85. The number of carboxylic acid groups (broad SMARTS) is 1. The van der Waals surface area contributed by atoms with E-state index in [1.165, 1.54) is 5.56 Å². The monoisotopic (exact) mass is 303 g/mol. The van der Waals surface area contributed by atoms with Crippen LogP contribution in [-0.2, 0) is 16.1 Å². The van der Waals surface area contributed by atoms with E-state index in [9.17, 15) is 9.59 Å². The van der Waals surface area contributed by atoms with E-state index in [4.69, 9.17) is 5.11 Å². The molecule has 4 nitrogen and oxygen atoms in total. The van der Waals surface area contributed by atoms with Crippen LogP contribution in [0, 0.1) is 11.8 Å². The van der Waals surface area contributed by atoms with Gasteiger partial charge in [0.25, 0.3) is 0 Å². The molecule has 1 aliphatic carbocycles. The Bertz CT molecular complexity index is 514. The summed E-state index contributed by atoms with van der Waals surface area (Å²) >= 11 is 0. The fourth-order valence-electron chi connectivity index (χ4n) is 2.96. The van der Waals surface area contributed by atoms with Gasteiger partial charge in [0.2, 0.25) is 5.91 Å². The van der Waals surface area contributed by atoms with Crippen molar-refractivity contribution in [2.24, 2.45) is 11.8 Å². The van der Waals surface area contributed by atoms with Gasteiger partial charge in [-0.15, -0.1) is 0 Å². The summed E-state index contributed by atoms with van der Waals surface area (Å²) in [5.74, 6) is -0.480. The van der Waals surface area contributed by atoms with Crippen LogP contribution in [-0.4, -0.2) is 17.0 Å². The van der Waals surface area contributed by atoms with Crippen molar-refractivity contribution in [3.63, 3.8) is 0 Å². The molecule has 0 unspecified atom stereocenters. The SMILES string of the molecule is CC(C)c1ccc(CNC(=O)C2CCC(C(=O)O)CC2)cc1. The van der Waals surface area contributed by atoms with Gasteiger partial charge in [-0.1, -0.05) is 38.1 Å². The number of amides is 1. The summed E-state index contributed by atoms with van der Waals surface area (Å²) in [5, 5.41) is 12.0. The molecular formula is C18H25NO3. The van der Waals surface area contributed by atoms with Gasteiger partial charge in [0, 0.05) is 12.5 Å². The summed E-state index contributed by atoms with van der Waals surface area (Å²) < 4.78 is 0. The quantitative estimate of drug-likeness (QED) is 0.877. The largest absolute Gasteiger partial charge is 0.481 e. The third kappa shape index (κ3) is 4.33. The van der Waals surface area contributed by atoms with Gasteiger partial charge in [-0.25, -0.2) is 0 Å². The molecule has 1 aromatic carbocycles. The fraction of sp³-hybridized carbons (Fsp3) is 0.556. The normalized spacial score (nSPS) is 21.6. The van der Waals surface area contributed by atoms with Crippen molar-refractivity contribution in [1.82, 2.24) is 5.32 Å². The minimum Gasteiger partial charge on any atom is -0.481 e. The van der Waals surface area contributed by atoms with Crippen molar-refractivity contribution in [3.05, 3.63) is 35.4 Å². The molecule has 1 saturated carbocycles. The number of hydrogen-bond acceptors (Lipinski definition) is 2. The Morgan fingerprint density at radius 1 is 1.09 bits per heavy atom. The summed E-state index contributed by atoms with van der Waals surface area (Å²) in [4.78, 5) is 23.1. The molecule has 0 heterocycles. The summed E-state index contributed by atoms with van der Waals surface area (Å²) in [6, 6.07) is 8.31. The van der Waals surface area contributed by atoms with E-state index in [0.29, 0.717) is 38.1 Å². The van der Waals surface area contributed by atoms with E-state index in [2.05, 4.69) is 43.4 Å². The molecular weight excluding hydrogens is 278 g/mol. The van der Waals surface area contributed by atoms with Gasteiger partial charge in [0.1, 0.15) is 0 Å². The van der Waals surface area contributed by atoms with Crippen molar-refractivity contribution >= 4 is 11.9 Å². The van der Waals surface area contributed by atoms with Gasteiger partial charge in [-0.3, -0.25) is 9.59 Å². The third-order valence-electron chi connectivity index (χ3n) is 4.56. The standard InChI is InChI=1S/C18H25NO3/c1-12(2)14-5-3-13(4-6-14)11-19-17(20)15-7-9-16(10-8-15)18(21)22/h3-6,12,15-16H,7-11H2,1-2H3,(H,19,20)(H,21,22). The molecule has 1 aromatic rings.